The Labute approximate surface area is 145 Å². The molecule has 0 radical (unpaired) electrons. The van der Waals surface area contributed by atoms with E-state index < -0.39 is 0 Å². The average Bonchev–Trinajstić information content (AvgIpc) is 3.13. The van der Waals surface area contributed by atoms with Crippen LogP contribution in [0.4, 0.5) is 10.5 Å². The number of pyridine rings is 1. The van der Waals surface area contributed by atoms with Gasteiger partial charge in [0.1, 0.15) is 0 Å². The summed E-state index contributed by atoms with van der Waals surface area (Å²) in [4.78, 5) is 20.2. The zero-order valence-electron chi connectivity index (χ0n) is 14.1. The maximum Gasteiger partial charge on any atom is 0.319 e. The van der Waals surface area contributed by atoms with Crippen LogP contribution in [-0.4, -0.2) is 27.2 Å². The summed E-state index contributed by atoms with van der Waals surface area (Å²) in [7, 11) is 0. The molecule has 2 heterocycles. The highest BCUT2D eigenvalue weighted by Gasteiger charge is 2.11. The number of hydrogen-bond acceptors (Lipinski definition) is 5. The molecule has 3 aromatic rings. The van der Waals surface area contributed by atoms with Crippen LogP contribution in [0.15, 0.2) is 53.3 Å². The van der Waals surface area contributed by atoms with Gasteiger partial charge in [-0.15, -0.1) is 0 Å². The molecule has 2 amide bonds. The van der Waals surface area contributed by atoms with Crippen LogP contribution in [0.25, 0.3) is 22.8 Å². The molecule has 0 saturated carbocycles. The van der Waals surface area contributed by atoms with Crippen molar-refractivity contribution in [2.24, 2.45) is 0 Å². The normalized spacial score (nSPS) is 11.8. The van der Waals surface area contributed by atoms with Crippen LogP contribution in [0, 0.1) is 0 Å². The molecule has 0 saturated heterocycles. The molecule has 2 N–H and O–H groups in total. The number of carbonyl (C=O) groups is 1. The van der Waals surface area contributed by atoms with E-state index in [9.17, 15) is 4.79 Å². The molecule has 2 aromatic heterocycles. The van der Waals surface area contributed by atoms with Crippen LogP contribution in [-0.2, 0) is 0 Å². The number of nitrogens with zero attached hydrogens (tertiary/aromatic N) is 3. The molecule has 0 bridgehead atoms. The van der Waals surface area contributed by atoms with Crippen LogP contribution in [0.3, 0.4) is 0 Å². The predicted molar refractivity (Wildman–Crippen MR) is 94.9 cm³/mol. The highest BCUT2D eigenvalue weighted by Crippen LogP contribution is 2.22. The second-order valence-electron chi connectivity index (χ2n) is 5.64. The van der Waals surface area contributed by atoms with Gasteiger partial charge in [0.05, 0.1) is 0 Å². The molecule has 128 valence electrons. The summed E-state index contributed by atoms with van der Waals surface area (Å²) in [6.45, 7) is 3.98. The van der Waals surface area contributed by atoms with Crippen LogP contribution >= 0.6 is 0 Å². The molecule has 0 aliphatic heterocycles. The molecule has 0 aliphatic carbocycles. The van der Waals surface area contributed by atoms with Gasteiger partial charge >= 0.3 is 6.03 Å². The largest absolute Gasteiger partial charge is 0.335 e. The van der Waals surface area contributed by atoms with Crippen molar-refractivity contribution in [3.63, 3.8) is 0 Å². The smallest absolute Gasteiger partial charge is 0.319 e. The van der Waals surface area contributed by atoms with Crippen molar-refractivity contribution in [3.05, 3.63) is 48.8 Å². The van der Waals surface area contributed by atoms with E-state index in [1.165, 1.54) is 0 Å². The second kappa shape index (κ2) is 7.57. The Hall–Kier alpha value is -3.22. The number of aromatic nitrogens is 3. The minimum absolute atomic E-state index is 0.130. The highest BCUT2D eigenvalue weighted by molar-refractivity contribution is 5.89. The minimum Gasteiger partial charge on any atom is -0.335 e. The monoisotopic (exact) mass is 337 g/mol. The first-order valence-electron chi connectivity index (χ1n) is 8.07. The third-order valence-corrected chi connectivity index (χ3v) is 3.74. The lowest BCUT2D eigenvalue weighted by Crippen LogP contribution is -2.35. The molecule has 0 fully saturated rings. The lowest BCUT2D eigenvalue weighted by atomic mass is 10.2. The molecule has 7 heteroatoms. The van der Waals surface area contributed by atoms with Gasteiger partial charge in [-0.1, -0.05) is 12.1 Å². The van der Waals surface area contributed by atoms with Crippen LogP contribution in [0.1, 0.15) is 20.3 Å². The van der Waals surface area contributed by atoms with E-state index >= 15 is 0 Å². The quantitative estimate of drug-likeness (QED) is 0.740. The predicted octanol–water partition coefficient (Wildman–Crippen LogP) is 3.72. The summed E-state index contributed by atoms with van der Waals surface area (Å²) in [6.07, 6.45) is 4.22. The summed E-state index contributed by atoms with van der Waals surface area (Å²) in [5, 5.41) is 9.64. The van der Waals surface area contributed by atoms with Gasteiger partial charge < -0.3 is 15.2 Å². The van der Waals surface area contributed by atoms with E-state index in [2.05, 4.69) is 25.8 Å². The van der Waals surface area contributed by atoms with Crippen molar-refractivity contribution in [2.45, 2.75) is 26.3 Å². The molecule has 25 heavy (non-hydrogen) atoms. The summed E-state index contributed by atoms with van der Waals surface area (Å²) in [5.74, 6) is 0.926. The van der Waals surface area contributed by atoms with E-state index in [0.717, 1.165) is 17.5 Å². The zero-order chi connectivity index (χ0) is 17.6. The standard InChI is InChI=1S/C18H19N5O2/c1-3-12(2)20-18(24)21-15-6-4-13(5-7-15)16-22-17(25-23-16)14-8-10-19-11-9-14/h4-12H,3H2,1-2H3,(H2,20,21,24)/t12-/m0/s1. The van der Waals surface area contributed by atoms with Gasteiger partial charge in [-0.05, 0) is 49.7 Å². The molecule has 0 unspecified atom stereocenters. The Bertz CT molecular complexity index is 830. The highest BCUT2D eigenvalue weighted by atomic mass is 16.5. The number of benzene rings is 1. The fraction of sp³-hybridized carbons (Fsp3) is 0.222. The first kappa shape index (κ1) is 16.6. The number of anilines is 1. The molecule has 1 atom stereocenters. The van der Waals surface area contributed by atoms with E-state index in [1.807, 2.05) is 26.0 Å². The molecule has 0 aliphatic rings. The maximum atomic E-state index is 11.8. The summed E-state index contributed by atoms with van der Waals surface area (Å²) in [6, 6.07) is 10.8. The first-order chi connectivity index (χ1) is 12.2. The minimum atomic E-state index is -0.221. The number of hydrogen-bond donors (Lipinski definition) is 2. The van der Waals surface area contributed by atoms with E-state index in [4.69, 9.17) is 4.52 Å². The van der Waals surface area contributed by atoms with E-state index in [1.54, 1.807) is 36.7 Å². The third kappa shape index (κ3) is 4.20. The summed E-state index contributed by atoms with van der Waals surface area (Å²) in [5.41, 5.74) is 2.31. The summed E-state index contributed by atoms with van der Waals surface area (Å²) < 4.78 is 5.29. The van der Waals surface area contributed by atoms with Crippen molar-refractivity contribution >= 4 is 11.7 Å². The van der Waals surface area contributed by atoms with Crippen molar-refractivity contribution in [3.8, 4) is 22.8 Å². The number of nitrogens with one attached hydrogen (secondary N) is 2. The van der Waals surface area contributed by atoms with Crippen molar-refractivity contribution in [1.82, 2.24) is 20.4 Å². The fourth-order valence-corrected chi connectivity index (χ4v) is 2.15. The van der Waals surface area contributed by atoms with Gasteiger partial charge in [-0.25, -0.2) is 4.79 Å². The van der Waals surface area contributed by atoms with Gasteiger partial charge in [-0.3, -0.25) is 4.98 Å². The Morgan fingerprint density at radius 2 is 1.84 bits per heavy atom. The van der Waals surface area contributed by atoms with E-state index in [-0.39, 0.29) is 12.1 Å². The SMILES string of the molecule is CC[C@H](C)NC(=O)Nc1ccc(-c2noc(-c3ccncc3)n2)cc1. The number of urea groups is 1. The Balaban J connectivity index is 1.69. The Kier molecular flexibility index (Phi) is 5.03. The first-order valence-corrected chi connectivity index (χ1v) is 8.07. The zero-order valence-corrected chi connectivity index (χ0v) is 14.1. The molecule has 7 nitrogen and oxygen atoms in total. The Morgan fingerprint density at radius 3 is 2.52 bits per heavy atom. The third-order valence-electron chi connectivity index (χ3n) is 3.74. The lowest BCUT2D eigenvalue weighted by molar-refractivity contribution is 0.249. The van der Waals surface area contributed by atoms with Gasteiger partial charge in [0.2, 0.25) is 5.82 Å². The summed E-state index contributed by atoms with van der Waals surface area (Å²) >= 11 is 0. The molecular formula is C18H19N5O2. The van der Waals surface area contributed by atoms with Gasteiger partial charge in [-0.2, -0.15) is 4.98 Å². The lowest BCUT2D eigenvalue weighted by Gasteiger charge is -2.12. The van der Waals surface area contributed by atoms with Crippen LogP contribution < -0.4 is 10.6 Å². The maximum absolute atomic E-state index is 11.8. The van der Waals surface area contributed by atoms with Gasteiger partial charge in [0.25, 0.3) is 5.89 Å². The number of rotatable bonds is 5. The van der Waals surface area contributed by atoms with Gasteiger partial charge in [0.15, 0.2) is 0 Å². The van der Waals surface area contributed by atoms with Crippen LogP contribution in [0.2, 0.25) is 0 Å². The van der Waals surface area contributed by atoms with Crippen molar-refractivity contribution in [2.75, 3.05) is 5.32 Å². The van der Waals surface area contributed by atoms with Crippen molar-refractivity contribution < 1.29 is 9.32 Å². The molecule has 1 aromatic carbocycles. The molecule has 3 rings (SSSR count). The molecule has 0 spiro atoms. The van der Waals surface area contributed by atoms with E-state index in [0.29, 0.717) is 17.4 Å². The van der Waals surface area contributed by atoms with Gasteiger partial charge in [0, 0.05) is 35.2 Å². The van der Waals surface area contributed by atoms with Crippen LogP contribution in [0.5, 0.6) is 0 Å². The fourth-order valence-electron chi connectivity index (χ4n) is 2.15. The Morgan fingerprint density at radius 1 is 1.12 bits per heavy atom. The molecular weight excluding hydrogens is 318 g/mol. The number of amides is 2. The van der Waals surface area contributed by atoms with Crippen molar-refractivity contribution in [1.29, 1.82) is 0 Å². The second-order valence-corrected chi connectivity index (χ2v) is 5.64. The average molecular weight is 337 g/mol. The number of carbonyl (C=O) groups excluding carboxylic acids is 1. The topological polar surface area (TPSA) is 92.9 Å².